The van der Waals surface area contributed by atoms with Gasteiger partial charge in [0.1, 0.15) is 5.69 Å². The number of fused-ring (bicyclic) bond motifs is 1. The fourth-order valence-electron chi connectivity index (χ4n) is 2.57. The number of para-hydroxylation sites is 2. The summed E-state index contributed by atoms with van der Waals surface area (Å²) in [7, 11) is 0. The van der Waals surface area contributed by atoms with E-state index in [9.17, 15) is 19.7 Å². The van der Waals surface area contributed by atoms with Crippen molar-refractivity contribution in [2.75, 3.05) is 17.7 Å². The second kappa shape index (κ2) is 7.52. The maximum atomic E-state index is 12.3. The number of amides is 1. The minimum Gasteiger partial charge on any atom is -0.452 e. The Labute approximate surface area is 153 Å². The fraction of sp³-hybridized carbons (Fsp3) is 0.0526. The van der Waals surface area contributed by atoms with Crippen molar-refractivity contribution >= 4 is 39.7 Å². The Morgan fingerprint density at radius 2 is 1.67 bits per heavy atom. The van der Waals surface area contributed by atoms with Crippen LogP contribution in [-0.2, 0) is 9.53 Å². The lowest BCUT2D eigenvalue weighted by Gasteiger charge is -2.09. The predicted molar refractivity (Wildman–Crippen MR) is 100 cm³/mol. The lowest BCUT2D eigenvalue weighted by atomic mass is 10.1. The molecule has 136 valence electrons. The zero-order valence-electron chi connectivity index (χ0n) is 14.0. The van der Waals surface area contributed by atoms with E-state index in [0.717, 1.165) is 10.8 Å². The first kappa shape index (κ1) is 17.9. The standard InChI is InChI=1S/C19H15N3O5/c20-15-10-13-6-2-1-5-12(13)9-14(15)19(24)27-11-18(23)21-16-7-3-4-8-17(16)22(25)26/h1-10H,11,20H2,(H,21,23). The van der Waals surface area contributed by atoms with Crippen LogP contribution in [0.2, 0.25) is 0 Å². The van der Waals surface area contributed by atoms with Gasteiger partial charge in [-0.2, -0.15) is 0 Å². The Morgan fingerprint density at radius 1 is 1.04 bits per heavy atom. The van der Waals surface area contributed by atoms with Gasteiger partial charge < -0.3 is 15.8 Å². The van der Waals surface area contributed by atoms with E-state index in [1.165, 1.54) is 18.2 Å². The van der Waals surface area contributed by atoms with Crippen molar-refractivity contribution in [3.8, 4) is 0 Å². The number of rotatable bonds is 5. The Kier molecular flexibility index (Phi) is 4.98. The number of hydrogen-bond acceptors (Lipinski definition) is 6. The molecule has 0 aromatic heterocycles. The van der Waals surface area contributed by atoms with Crippen LogP contribution in [0.3, 0.4) is 0 Å². The van der Waals surface area contributed by atoms with Crippen molar-refractivity contribution in [1.82, 2.24) is 0 Å². The van der Waals surface area contributed by atoms with E-state index in [0.29, 0.717) is 0 Å². The molecule has 3 aromatic rings. The summed E-state index contributed by atoms with van der Waals surface area (Å²) in [4.78, 5) is 34.6. The number of ether oxygens (including phenoxy) is 1. The number of anilines is 2. The quantitative estimate of drug-likeness (QED) is 0.310. The number of carbonyl (C=O) groups excluding carboxylic acids is 2. The Morgan fingerprint density at radius 3 is 2.37 bits per heavy atom. The van der Waals surface area contributed by atoms with Gasteiger partial charge in [0.05, 0.1) is 10.5 Å². The van der Waals surface area contributed by atoms with Crippen LogP contribution in [0, 0.1) is 10.1 Å². The summed E-state index contributed by atoms with van der Waals surface area (Å²) >= 11 is 0. The van der Waals surface area contributed by atoms with Crippen molar-refractivity contribution in [3.63, 3.8) is 0 Å². The molecule has 3 N–H and O–H groups in total. The Hall–Kier alpha value is -3.94. The highest BCUT2D eigenvalue weighted by molar-refractivity contribution is 6.02. The normalized spacial score (nSPS) is 10.4. The number of nitrogens with two attached hydrogens (primary N) is 1. The molecular weight excluding hydrogens is 350 g/mol. The molecule has 1 amide bonds. The van der Waals surface area contributed by atoms with Crippen LogP contribution in [0.15, 0.2) is 60.7 Å². The van der Waals surface area contributed by atoms with Gasteiger partial charge in [0.25, 0.3) is 11.6 Å². The molecular formula is C19H15N3O5. The number of nitrogen functional groups attached to an aromatic ring is 1. The third-order valence-electron chi connectivity index (χ3n) is 3.85. The second-order valence-electron chi connectivity index (χ2n) is 5.69. The largest absolute Gasteiger partial charge is 0.452 e. The molecule has 3 aromatic carbocycles. The van der Waals surface area contributed by atoms with Crippen LogP contribution < -0.4 is 11.1 Å². The van der Waals surface area contributed by atoms with E-state index in [4.69, 9.17) is 10.5 Å². The molecule has 0 saturated heterocycles. The molecule has 0 heterocycles. The van der Waals surface area contributed by atoms with Crippen molar-refractivity contribution in [1.29, 1.82) is 0 Å². The zero-order valence-corrected chi connectivity index (χ0v) is 14.0. The van der Waals surface area contributed by atoms with Crippen LogP contribution in [0.25, 0.3) is 10.8 Å². The molecule has 8 heteroatoms. The van der Waals surface area contributed by atoms with E-state index < -0.39 is 23.4 Å². The average molecular weight is 365 g/mol. The molecule has 8 nitrogen and oxygen atoms in total. The average Bonchev–Trinajstić information content (AvgIpc) is 2.65. The smallest absolute Gasteiger partial charge is 0.340 e. The molecule has 27 heavy (non-hydrogen) atoms. The summed E-state index contributed by atoms with van der Waals surface area (Å²) in [5.74, 6) is -1.45. The SMILES string of the molecule is Nc1cc2ccccc2cc1C(=O)OCC(=O)Nc1ccccc1[N+](=O)[O-]. The van der Waals surface area contributed by atoms with E-state index in [1.807, 2.05) is 24.3 Å². The van der Waals surface area contributed by atoms with Gasteiger partial charge in [-0.15, -0.1) is 0 Å². The highest BCUT2D eigenvalue weighted by atomic mass is 16.6. The monoisotopic (exact) mass is 365 g/mol. The third kappa shape index (κ3) is 4.01. The molecule has 0 fully saturated rings. The first-order chi connectivity index (χ1) is 13.0. The number of nitro benzene ring substituents is 1. The number of nitrogens with zero attached hydrogens (tertiary/aromatic N) is 1. The molecule has 0 unspecified atom stereocenters. The van der Waals surface area contributed by atoms with Gasteiger partial charge in [-0.25, -0.2) is 4.79 Å². The van der Waals surface area contributed by atoms with Crippen molar-refractivity contribution in [3.05, 3.63) is 76.3 Å². The lowest BCUT2D eigenvalue weighted by Crippen LogP contribution is -2.21. The molecule has 0 bridgehead atoms. The minimum atomic E-state index is -0.754. The van der Waals surface area contributed by atoms with Gasteiger partial charge in [0, 0.05) is 11.8 Å². The van der Waals surface area contributed by atoms with Crippen LogP contribution in [0.1, 0.15) is 10.4 Å². The Bertz CT molecular complexity index is 1050. The highest BCUT2D eigenvalue weighted by Crippen LogP contribution is 2.24. The molecule has 0 aliphatic heterocycles. The molecule has 0 spiro atoms. The molecule has 0 atom stereocenters. The number of nitro groups is 1. The van der Waals surface area contributed by atoms with Crippen LogP contribution >= 0.6 is 0 Å². The van der Waals surface area contributed by atoms with E-state index in [-0.39, 0.29) is 22.6 Å². The third-order valence-corrected chi connectivity index (χ3v) is 3.85. The van der Waals surface area contributed by atoms with Crippen LogP contribution in [-0.4, -0.2) is 23.4 Å². The number of nitrogens with one attached hydrogen (secondary N) is 1. The van der Waals surface area contributed by atoms with Crippen LogP contribution in [0.4, 0.5) is 17.1 Å². The van der Waals surface area contributed by atoms with E-state index in [2.05, 4.69) is 5.32 Å². The Balaban J connectivity index is 1.68. The molecule has 0 saturated carbocycles. The van der Waals surface area contributed by atoms with Gasteiger partial charge in [-0.05, 0) is 29.0 Å². The first-order valence-electron chi connectivity index (χ1n) is 7.94. The predicted octanol–water partition coefficient (Wildman–Crippen LogP) is 3.13. The summed E-state index contributed by atoms with van der Waals surface area (Å²) < 4.78 is 4.99. The second-order valence-corrected chi connectivity index (χ2v) is 5.69. The lowest BCUT2D eigenvalue weighted by molar-refractivity contribution is -0.383. The number of benzene rings is 3. The number of esters is 1. The van der Waals surface area contributed by atoms with Crippen LogP contribution in [0.5, 0.6) is 0 Å². The summed E-state index contributed by atoms with van der Waals surface area (Å²) in [5.41, 5.74) is 6.04. The summed E-state index contributed by atoms with van der Waals surface area (Å²) in [6.45, 7) is -0.600. The van der Waals surface area contributed by atoms with Gasteiger partial charge in [-0.1, -0.05) is 36.4 Å². The van der Waals surface area contributed by atoms with Gasteiger partial charge in [0.2, 0.25) is 0 Å². The topological polar surface area (TPSA) is 125 Å². The molecule has 3 rings (SSSR count). The van der Waals surface area contributed by atoms with E-state index >= 15 is 0 Å². The van der Waals surface area contributed by atoms with E-state index in [1.54, 1.807) is 18.2 Å². The summed E-state index contributed by atoms with van der Waals surface area (Å²) in [6, 6.07) is 16.3. The highest BCUT2D eigenvalue weighted by Gasteiger charge is 2.17. The first-order valence-corrected chi connectivity index (χ1v) is 7.94. The summed E-state index contributed by atoms with van der Waals surface area (Å²) in [6.07, 6.45) is 0. The minimum absolute atomic E-state index is 0.0220. The number of hydrogen-bond donors (Lipinski definition) is 2. The maximum absolute atomic E-state index is 12.3. The van der Waals surface area contributed by atoms with Gasteiger partial charge in [-0.3, -0.25) is 14.9 Å². The molecule has 0 aliphatic carbocycles. The van der Waals surface area contributed by atoms with Crippen molar-refractivity contribution in [2.24, 2.45) is 0 Å². The summed E-state index contributed by atoms with van der Waals surface area (Å²) in [5, 5.41) is 15.0. The molecule has 0 radical (unpaired) electrons. The fourth-order valence-corrected chi connectivity index (χ4v) is 2.57. The number of carbonyl (C=O) groups is 2. The zero-order chi connectivity index (χ0) is 19.4. The maximum Gasteiger partial charge on any atom is 0.340 e. The van der Waals surface area contributed by atoms with Gasteiger partial charge >= 0.3 is 5.97 Å². The van der Waals surface area contributed by atoms with Crippen molar-refractivity contribution in [2.45, 2.75) is 0 Å². The van der Waals surface area contributed by atoms with Gasteiger partial charge in [0.15, 0.2) is 6.61 Å². The van der Waals surface area contributed by atoms with Crippen molar-refractivity contribution < 1.29 is 19.2 Å². The molecule has 0 aliphatic rings.